The second-order valence-corrected chi connectivity index (χ2v) is 18.1. The van der Waals surface area contributed by atoms with E-state index in [0.717, 1.165) is 57.5 Å². The van der Waals surface area contributed by atoms with Crippen molar-refractivity contribution in [2.75, 3.05) is 36.5 Å². The fourth-order valence-electron chi connectivity index (χ4n) is 7.53. The molecule has 11 nitrogen and oxygen atoms in total. The highest BCUT2D eigenvalue weighted by Gasteiger charge is 2.29. The zero-order valence-corrected chi connectivity index (χ0v) is 35.3. The molecule has 0 saturated carbocycles. The number of piperidine rings is 1. The first kappa shape index (κ1) is 40.7. The Labute approximate surface area is 344 Å². The number of carbonyl (C=O) groups excluding carboxylic acids is 3. The van der Waals surface area contributed by atoms with E-state index in [1.165, 1.54) is 11.3 Å². The Balaban J connectivity index is 1.08. The molecule has 58 heavy (non-hydrogen) atoms. The van der Waals surface area contributed by atoms with E-state index in [9.17, 15) is 14.4 Å². The largest absolute Gasteiger partial charge is 0.493 e. The average Bonchev–Trinajstić information content (AvgIpc) is 3.59. The number of rotatable bonds is 9. The molecule has 3 aromatic carbocycles. The molecule has 2 aromatic heterocycles. The van der Waals surface area contributed by atoms with Crippen molar-refractivity contribution in [1.29, 1.82) is 0 Å². The van der Waals surface area contributed by atoms with Gasteiger partial charge in [0.25, 0.3) is 5.91 Å². The van der Waals surface area contributed by atoms with Crippen LogP contribution in [0.1, 0.15) is 98.3 Å². The Morgan fingerprint density at radius 2 is 1.57 bits per heavy atom. The number of pyridine rings is 1. The molecule has 0 radical (unpaired) electrons. The molecule has 0 aliphatic carbocycles. The topological polar surface area (TPSA) is 123 Å². The number of esters is 1. The van der Waals surface area contributed by atoms with Gasteiger partial charge in [-0.25, -0.2) is 19.6 Å². The quantitative estimate of drug-likeness (QED) is 0.145. The number of para-hydroxylation sites is 1. The average molecular weight is 804 g/mol. The second kappa shape index (κ2) is 16.8. The van der Waals surface area contributed by atoms with E-state index < -0.39 is 17.2 Å². The predicted molar refractivity (Wildman–Crippen MR) is 229 cm³/mol. The Kier molecular flexibility index (Phi) is 11.8. The molecule has 4 heterocycles. The number of likely N-dealkylation sites (tertiary alicyclic amines) is 1. The maximum absolute atomic E-state index is 13.9. The molecule has 0 unspecified atom stereocenters. The van der Waals surface area contributed by atoms with Crippen molar-refractivity contribution in [3.63, 3.8) is 0 Å². The molecule has 2 aliphatic heterocycles. The highest BCUT2D eigenvalue weighted by atomic mass is 32.1. The summed E-state index contributed by atoms with van der Waals surface area (Å²) in [4.78, 5) is 53.6. The lowest BCUT2D eigenvalue weighted by atomic mass is 9.94. The van der Waals surface area contributed by atoms with Gasteiger partial charge in [0.1, 0.15) is 22.8 Å². The molecule has 2 amide bonds. The van der Waals surface area contributed by atoms with Crippen molar-refractivity contribution in [3.05, 3.63) is 101 Å². The minimum Gasteiger partial charge on any atom is -0.493 e. The molecule has 2 aliphatic rings. The van der Waals surface area contributed by atoms with E-state index in [-0.39, 0.29) is 17.7 Å². The van der Waals surface area contributed by atoms with Crippen LogP contribution in [-0.2, 0) is 22.4 Å². The molecular weight excluding hydrogens is 751 g/mol. The summed E-state index contributed by atoms with van der Waals surface area (Å²) in [5.41, 5.74) is 4.83. The van der Waals surface area contributed by atoms with Crippen molar-refractivity contribution >= 4 is 50.5 Å². The monoisotopic (exact) mass is 803 g/mol. The third-order valence-corrected chi connectivity index (χ3v) is 11.4. The van der Waals surface area contributed by atoms with Crippen molar-refractivity contribution in [2.45, 2.75) is 91.9 Å². The van der Waals surface area contributed by atoms with Gasteiger partial charge >= 0.3 is 12.1 Å². The number of amides is 2. The van der Waals surface area contributed by atoms with E-state index in [1.807, 2.05) is 115 Å². The summed E-state index contributed by atoms with van der Waals surface area (Å²) in [7, 11) is 0. The van der Waals surface area contributed by atoms with Crippen molar-refractivity contribution in [3.8, 4) is 16.9 Å². The summed E-state index contributed by atoms with van der Waals surface area (Å²) in [6.07, 6.45) is 3.14. The summed E-state index contributed by atoms with van der Waals surface area (Å²) < 4.78 is 18.9. The highest BCUT2D eigenvalue weighted by Crippen LogP contribution is 2.36. The Morgan fingerprint density at radius 1 is 0.828 bits per heavy atom. The molecule has 0 atom stereocenters. The Bertz CT molecular complexity index is 2280. The van der Waals surface area contributed by atoms with Crippen LogP contribution >= 0.6 is 11.3 Å². The van der Waals surface area contributed by atoms with Gasteiger partial charge in [0.2, 0.25) is 0 Å². The summed E-state index contributed by atoms with van der Waals surface area (Å²) in [5.74, 6) is 1.09. The summed E-state index contributed by atoms with van der Waals surface area (Å²) >= 11 is 1.45. The number of anilines is 2. The van der Waals surface area contributed by atoms with E-state index in [0.29, 0.717) is 67.2 Å². The predicted octanol–water partition coefficient (Wildman–Crippen LogP) is 9.85. The van der Waals surface area contributed by atoms with Gasteiger partial charge in [0.05, 0.1) is 16.8 Å². The van der Waals surface area contributed by atoms with Gasteiger partial charge in [-0.15, -0.1) is 0 Å². The maximum atomic E-state index is 13.9. The van der Waals surface area contributed by atoms with Gasteiger partial charge in [0.15, 0.2) is 10.8 Å². The van der Waals surface area contributed by atoms with Crippen LogP contribution in [0.4, 0.5) is 15.7 Å². The first-order chi connectivity index (χ1) is 27.6. The minimum atomic E-state index is -0.731. The van der Waals surface area contributed by atoms with Gasteiger partial charge in [-0.3, -0.25) is 10.1 Å². The first-order valence-corrected chi connectivity index (χ1v) is 20.9. The SMILES string of the molecule is Cc1c(OCCC2CCN(C(=O)OC(C)(C)C)CC2)cccc1-c1ccc(N2CCc3cccc(C(=O)Nc4nc5ccccc5s4)c3C2)nc1C(=O)OC(C)(C)C. The van der Waals surface area contributed by atoms with E-state index in [1.54, 1.807) is 4.90 Å². The van der Waals surface area contributed by atoms with Crippen LogP contribution in [-0.4, -0.2) is 70.3 Å². The number of benzene rings is 3. The molecule has 1 fully saturated rings. The van der Waals surface area contributed by atoms with Crippen LogP contribution in [0.25, 0.3) is 21.3 Å². The van der Waals surface area contributed by atoms with Gasteiger partial charge in [0, 0.05) is 37.3 Å². The number of thiazole rings is 1. The number of hydrogen-bond acceptors (Lipinski definition) is 10. The molecule has 0 spiro atoms. The second-order valence-electron chi connectivity index (χ2n) is 17.1. The van der Waals surface area contributed by atoms with Crippen LogP contribution in [0.2, 0.25) is 0 Å². The number of nitrogens with one attached hydrogen (secondary N) is 1. The summed E-state index contributed by atoms with van der Waals surface area (Å²) in [5, 5.41) is 3.57. The highest BCUT2D eigenvalue weighted by molar-refractivity contribution is 7.22. The molecule has 7 rings (SSSR count). The van der Waals surface area contributed by atoms with E-state index in [4.69, 9.17) is 19.2 Å². The fourth-order valence-corrected chi connectivity index (χ4v) is 8.39. The zero-order valence-electron chi connectivity index (χ0n) is 34.5. The smallest absolute Gasteiger partial charge is 0.410 e. The van der Waals surface area contributed by atoms with E-state index >= 15 is 0 Å². The normalized spacial score (nSPS) is 14.9. The van der Waals surface area contributed by atoms with Gasteiger partial charge in [-0.05, 0) is 139 Å². The van der Waals surface area contributed by atoms with Crippen LogP contribution in [0.5, 0.6) is 5.75 Å². The third-order valence-electron chi connectivity index (χ3n) is 10.5. The molecule has 1 N–H and O–H groups in total. The lowest BCUT2D eigenvalue weighted by Crippen LogP contribution is -2.41. The lowest BCUT2D eigenvalue weighted by Gasteiger charge is -2.33. The number of hydrogen-bond donors (Lipinski definition) is 1. The number of carbonyl (C=O) groups is 3. The molecule has 12 heteroatoms. The number of ether oxygens (including phenoxy) is 3. The number of fused-ring (bicyclic) bond motifs is 2. The summed E-state index contributed by atoms with van der Waals surface area (Å²) in [6, 6.07) is 23.4. The fraction of sp³-hybridized carbons (Fsp3) is 0.413. The molecular formula is C46H53N5O6S. The van der Waals surface area contributed by atoms with Crippen LogP contribution in [0.3, 0.4) is 0 Å². The van der Waals surface area contributed by atoms with Gasteiger partial charge < -0.3 is 24.0 Å². The molecule has 1 saturated heterocycles. The zero-order chi connectivity index (χ0) is 41.2. The number of nitrogens with zero attached hydrogens (tertiary/aromatic N) is 4. The molecule has 304 valence electrons. The Hall–Kier alpha value is -5.49. The minimum absolute atomic E-state index is 0.211. The van der Waals surface area contributed by atoms with Gasteiger partial charge in [-0.1, -0.05) is 47.7 Å². The van der Waals surface area contributed by atoms with Crippen molar-refractivity contribution in [1.82, 2.24) is 14.9 Å². The first-order valence-electron chi connectivity index (χ1n) is 20.1. The third kappa shape index (κ3) is 9.61. The van der Waals surface area contributed by atoms with E-state index in [2.05, 4.69) is 21.3 Å². The van der Waals surface area contributed by atoms with Crippen LogP contribution in [0.15, 0.2) is 72.8 Å². The van der Waals surface area contributed by atoms with Gasteiger partial charge in [-0.2, -0.15) is 0 Å². The lowest BCUT2D eigenvalue weighted by molar-refractivity contribution is 0.00626. The molecule has 5 aromatic rings. The Morgan fingerprint density at radius 3 is 2.31 bits per heavy atom. The van der Waals surface area contributed by atoms with Crippen molar-refractivity contribution < 1.29 is 28.6 Å². The van der Waals surface area contributed by atoms with Crippen LogP contribution in [0, 0.1) is 12.8 Å². The van der Waals surface area contributed by atoms with Crippen LogP contribution < -0.4 is 15.0 Å². The summed E-state index contributed by atoms with van der Waals surface area (Å²) in [6.45, 7) is 16.2. The standard InChI is InChI=1S/C46H53N5O6S/c1-29-32(13-11-16-37(29)55-27-23-30-20-24-50(25-21-30)44(54)57-46(5,6)7)33-18-19-39(48-40(33)42(53)56-45(2,3)4)51-26-22-31-12-10-14-34(35(31)28-51)41(52)49-43-47-36-15-8-9-17-38(36)58-43/h8-19,30H,20-28H2,1-7H3,(H,47,49,52). The molecule has 0 bridgehead atoms. The van der Waals surface area contributed by atoms with Crippen molar-refractivity contribution in [2.24, 2.45) is 5.92 Å². The maximum Gasteiger partial charge on any atom is 0.410 e. The number of aromatic nitrogens is 2.